The van der Waals surface area contributed by atoms with Crippen molar-refractivity contribution in [1.82, 2.24) is 20.0 Å². The number of amides is 2. The molecule has 5 aromatic rings. The summed E-state index contributed by atoms with van der Waals surface area (Å²) in [4.78, 5) is 40.6. The smallest absolute Gasteiger partial charge is 0.410 e. The Morgan fingerprint density at radius 2 is 1.26 bits per heavy atom. The molecule has 0 radical (unpaired) electrons. The molecule has 2 saturated heterocycles. The first kappa shape index (κ1) is 37.6. The zero-order valence-electron chi connectivity index (χ0n) is 28.9. The fourth-order valence-corrected chi connectivity index (χ4v) is 6.73. The first-order valence-corrected chi connectivity index (χ1v) is 19.0. The molecule has 2 fully saturated rings. The van der Waals surface area contributed by atoms with E-state index in [0.29, 0.717) is 19.5 Å². The van der Waals surface area contributed by atoms with Crippen LogP contribution < -0.4 is 0 Å². The van der Waals surface area contributed by atoms with Gasteiger partial charge in [-0.1, -0.05) is 111 Å². The topological polar surface area (TPSA) is 105 Å². The lowest BCUT2D eigenvalue weighted by molar-refractivity contribution is -0.117. The van der Waals surface area contributed by atoms with Gasteiger partial charge in [0.2, 0.25) is 5.78 Å². The van der Waals surface area contributed by atoms with Gasteiger partial charge in [0, 0.05) is 33.2 Å². The number of ether oxygens (including phenoxy) is 2. The number of rotatable bonds is 7. The summed E-state index contributed by atoms with van der Waals surface area (Å²) in [5.41, 5.74) is 5.53. The number of aromatic amines is 1. The van der Waals surface area contributed by atoms with Gasteiger partial charge in [0.05, 0.1) is 17.4 Å². The van der Waals surface area contributed by atoms with Gasteiger partial charge in [-0.2, -0.15) is 5.10 Å². The second kappa shape index (κ2) is 18.5. The largest absolute Gasteiger partial charge is 0.445 e. The molecule has 3 heterocycles. The maximum atomic E-state index is 12.6. The summed E-state index contributed by atoms with van der Waals surface area (Å²) in [6.45, 7) is 1.70. The van der Waals surface area contributed by atoms with Crippen molar-refractivity contribution in [3.05, 3.63) is 147 Å². The quantitative estimate of drug-likeness (QED) is 0.164. The highest BCUT2D eigenvalue weighted by Gasteiger charge is 2.35. The predicted molar refractivity (Wildman–Crippen MR) is 209 cm³/mol. The van der Waals surface area contributed by atoms with E-state index in [0.717, 1.165) is 61.8 Å². The Bertz CT molecular complexity index is 2040. The molecule has 53 heavy (non-hydrogen) atoms. The molecule has 11 heteroatoms. The number of aromatic nitrogens is 2. The van der Waals surface area contributed by atoms with E-state index in [4.69, 9.17) is 9.47 Å². The number of hydrogen-bond donors (Lipinski definition) is 1. The Morgan fingerprint density at radius 3 is 1.89 bits per heavy atom. The Hall–Kier alpha value is -5.18. The number of benzene rings is 4. The summed E-state index contributed by atoms with van der Waals surface area (Å²) < 4.78 is 12.9. The molecule has 2 aliphatic heterocycles. The summed E-state index contributed by atoms with van der Waals surface area (Å²) in [6, 6.07) is 36.1. The number of carbonyl (C=O) groups excluding carboxylic acids is 3. The standard InChI is InChI=1S/C21H20BrN3O2.C21H18BrNO3/c22-17-10-8-16(9-11-17)18-13-19(24-23-18)20-7-4-12-25(20)21(26)27-14-15-5-2-1-3-6-15;22-18-11-8-16(9-12-18)10-13-20(24)19-7-4-14-23(19)21(25)26-15-17-5-2-1-3-6-17/h1-3,5-6,8-11,13,20H,4,7,12,14H2,(H,23,24);1-3,5-6,8-9,11-12,19H,4,7,14-15H2/t20-;19-/m00/s1. The number of Topliss-reactive ketones (excluding diaryl/α,β-unsaturated/α-hetero) is 1. The van der Waals surface area contributed by atoms with Crippen LogP contribution in [0.5, 0.6) is 0 Å². The SMILES string of the molecule is O=C(C#Cc1ccc(Br)cc1)[C@@H]1CCCN1C(=O)OCc1ccccc1.O=C(OCc1ccccc1)N1CCC[C@H]1c1cc(-c2ccc(Br)cc2)n[nH]1. The molecular formula is C42H38Br2N4O5. The maximum Gasteiger partial charge on any atom is 0.410 e. The van der Waals surface area contributed by atoms with Gasteiger partial charge in [-0.3, -0.25) is 19.7 Å². The van der Waals surface area contributed by atoms with E-state index in [2.05, 4.69) is 53.9 Å². The molecule has 270 valence electrons. The van der Waals surface area contributed by atoms with Gasteiger partial charge >= 0.3 is 12.2 Å². The first-order valence-electron chi connectivity index (χ1n) is 17.4. The number of nitrogens with zero attached hydrogens (tertiary/aromatic N) is 3. The van der Waals surface area contributed by atoms with Gasteiger partial charge in [-0.15, -0.1) is 0 Å². The van der Waals surface area contributed by atoms with Gasteiger partial charge in [0.1, 0.15) is 19.3 Å². The lowest BCUT2D eigenvalue weighted by Crippen LogP contribution is -2.40. The van der Waals surface area contributed by atoms with Crippen LogP contribution >= 0.6 is 31.9 Å². The molecule has 0 spiro atoms. The Morgan fingerprint density at radius 1 is 0.717 bits per heavy atom. The van der Waals surface area contributed by atoms with Crippen molar-refractivity contribution in [2.75, 3.05) is 13.1 Å². The predicted octanol–water partition coefficient (Wildman–Crippen LogP) is 9.48. The minimum absolute atomic E-state index is 0.0232. The number of nitrogens with one attached hydrogen (secondary N) is 1. The number of carbonyl (C=O) groups is 3. The summed E-state index contributed by atoms with van der Waals surface area (Å²) in [6.07, 6.45) is 2.52. The third-order valence-electron chi connectivity index (χ3n) is 8.96. The second-order valence-corrected chi connectivity index (χ2v) is 14.5. The molecule has 7 rings (SSSR count). The van der Waals surface area contributed by atoms with Crippen LogP contribution in [0.25, 0.3) is 11.3 Å². The second-order valence-electron chi connectivity index (χ2n) is 12.6. The van der Waals surface area contributed by atoms with Gasteiger partial charge in [0.25, 0.3) is 0 Å². The van der Waals surface area contributed by atoms with Crippen LogP contribution in [-0.4, -0.2) is 57.1 Å². The van der Waals surface area contributed by atoms with Gasteiger partial charge in [-0.05, 0) is 85.2 Å². The van der Waals surface area contributed by atoms with Crippen molar-refractivity contribution in [2.24, 2.45) is 0 Å². The van der Waals surface area contributed by atoms with E-state index in [1.54, 1.807) is 4.90 Å². The minimum atomic E-state index is -0.527. The first-order chi connectivity index (χ1) is 25.8. The molecule has 1 aromatic heterocycles. The molecule has 2 amide bonds. The zero-order valence-corrected chi connectivity index (χ0v) is 32.1. The molecular weight excluding hydrogens is 800 g/mol. The number of halogens is 2. The lowest BCUT2D eigenvalue weighted by atomic mass is 10.1. The number of H-pyrrole nitrogens is 1. The number of ketones is 1. The summed E-state index contributed by atoms with van der Waals surface area (Å²) in [7, 11) is 0. The normalized spacial score (nSPS) is 16.2. The summed E-state index contributed by atoms with van der Waals surface area (Å²) in [5, 5.41) is 7.54. The van der Waals surface area contributed by atoms with Crippen LogP contribution in [0.2, 0.25) is 0 Å². The molecule has 1 N–H and O–H groups in total. The average molecular weight is 839 g/mol. The fraction of sp³-hybridized carbons (Fsp3) is 0.238. The molecule has 2 aliphatic rings. The van der Waals surface area contributed by atoms with E-state index >= 15 is 0 Å². The molecule has 0 bridgehead atoms. The zero-order chi connectivity index (χ0) is 37.0. The molecule has 2 atom stereocenters. The minimum Gasteiger partial charge on any atom is -0.445 e. The molecule has 9 nitrogen and oxygen atoms in total. The van der Waals surface area contributed by atoms with Crippen molar-refractivity contribution in [3.63, 3.8) is 0 Å². The Kier molecular flexibility index (Phi) is 13.1. The number of hydrogen-bond acceptors (Lipinski definition) is 6. The van der Waals surface area contributed by atoms with Crippen LogP contribution in [0.3, 0.4) is 0 Å². The Balaban J connectivity index is 0.000000182. The van der Waals surface area contributed by atoms with E-state index in [1.807, 2.05) is 115 Å². The monoisotopic (exact) mass is 836 g/mol. The van der Waals surface area contributed by atoms with Crippen molar-refractivity contribution in [2.45, 2.75) is 51.0 Å². The highest BCUT2D eigenvalue weighted by Crippen LogP contribution is 2.33. The van der Waals surface area contributed by atoms with E-state index in [1.165, 1.54) is 4.90 Å². The van der Waals surface area contributed by atoms with E-state index < -0.39 is 12.1 Å². The molecule has 0 saturated carbocycles. The van der Waals surface area contributed by atoms with Gasteiger partial charge in [-0.25, -0.2) is 9.59 Å². The van der Waals surface area contributed by atoms with Crippen molar-refractivity contribution >= 4 is 49.8 Å². The van der Waals surface area contributed by atoms with Crippen LogP contribution in [0.1, 0.15) is 54.1 Å². The fourth-order valence-electron chi connectivity index (χ4n) is 6.20. The van der Waals surface area contributed by atoms with Gasteiger partial charge < -0.3 is 9.47 Å². The van der Waals surface area contributed by atoms with Crippen LogP contribution in [0.4, 0.5) is 9.59 Å². The van der Waals surface area contributed by atoms with E-state index in [9.17, 15) is 14.4 Å². The highest BCUT2D eigenvalue weighted by molar-refractivity contribution is 9.10. The van der Waals surface area contributed by atoms with Crippen LogP contribution in [-0.2, 0) is 27.5 Å². The highest BCUT2D eigenvalue weighted by atomic mass is 79.9. The lowest BCUT2D eigenvalue weighted by Gasteiger charge is -2.23. The van der Waals surface area contributed by atoms with Crippen molar-refractivity contribution in [3.8, 4) is 23.1 Å². The average Bonchev–Trinajstić information content (AvgIpc) is 3.99. The molecule has 0 aliphatic carbocycles. The molecule has 0 unspecified atom stereocenters. The van der Waals surface area contributed by atoms with Crippen LogP contribution in [0, 0.1) is 11.8 Å². The molecule has 4 aromatic carbocycles. The summed E-state index contributed by atoms with van der Waals surface area (Å²) >= 11 is 6.81. The van der Waals surface area contributed by atoms with Crippen molar-refractivity contribution < 1.29 is 23.9 Å². The van der Waals surface area contributed by atoms with Gasteiger partial charge in [0.15, 0.2) is 0 Å². The third-order valence-corrected chi connectivity index (χ3v) is 10.0. The number of likely N-dealkylation sites (tertiary alicyclic amines) is 2. The Labute approximate surface area is 325 Å². The van der Waals surface area contributed by atoms with Crippen molar-refractivity contribution in [1.29, 1.82) is 0 Å². The van der Waals surface area contributed by atoms with Crippen LogP contribution in [0.15, 0.2) is 124 Å². The summed E-state index contributed by atoms with van der Waals surface area (Å²) in [5.74, 6) is 5.28. The third kappa shape index (κ3) is 10.5. The van der Waals surface area contributed by atoms with E-state index in [-0.39, 0.29) is 31.1 Å². The maximum absolute atomic E-state index is 12.6.